The highest BCUT2D eigenvalue weighted by atomic mass is 16.5. The summed E-state index contributed by atoms with van der Waals surface area (Å²) in [7, 11) is 1.59. The van der Waals surface area contributed by atoms with E-state index in [2.05, 4.69) is 37.4 Å². The van der Waals surface area contributed by atoms with E-state index < -0.39 is 0 Å². The Labute approximate surface area is 199 Å². The number of nitriles is 1. The van der Waals surface area contributed by atoms with Gasteiger partial charge >= 0.3 is 0 Å². The number of ether oxygens (including phenoxy) is 2. The lowest BCUT2D eigenvalue weighted by Gasteiger charge is -2.44. The van der Waals surface area contributed by atoms with Crippen LogP contribution in [-0.4, -0.2) is 72.6 Å². The first-order chi connectivity index (χ1) is 16.6. The Bertz CT molecular complexity index is 1240. The number of piperazine rings is 1. The van der Waals surface area contributed by atoms with E-state index >= 15 is 0 Å². The first kappa shape index (κ1) is 22.3. The number of benzene rings is 1. The first-order valence-corrected chi connectivity index (χ1v) is 11.6. The molecule has 5 rings (SSSR count). The summed E-state index contributed by atoms with van der Waals surface area (Å²) in [4.78, 5) is 9.61. The molecule has 2 saturated heterocycles. The summed E-state index contributed by atoms with van der Waals surface area (Å²) in [6.07, 6.45) is 1.89. The maximum absolute atomic E-state index is 9.45. The topological polar surface area (TPSA) is 99.4 Å². The van der Waals surface area contributed by atoms with Gasteiger partial charge in [-0.15, -0.1) is 5.10 Å². The van der Waals surface area contributed by atoms with Gasteiger partial charge in [0.15, 0.2) is 5.82 Å². The number of rotatable bonds is 5. The number of hydrogen-bond donors (Lipinski definition) is 1. The second kappa shape index (κ2) is 9.41. The van der Waals surface area contributed by atoms with E-state index in [0.29, 0.717) is 23.2 Å². The smallest absolute Gasteiger partial charge is 0.157 e. The van der Waals surface area contributed by atoms with Crippen LogP contribution in [0.4, 0.5) is 11.6 Å². The summed E-state index contributed by atoms with van der Waals surface area (Å²) in [5.74, 6) is 2.19. The molecule has 3 aromatic rings. The Hall–Kier alpha value is -3.48. The third-order valence-electron chi connectivity index (χ3n) is 6.79. The van der Waals surface area contributed by atoms with Gasteiger partial charge in [-0.2, -0.15) is 10.4 Å². The zero-order valence-electron chi connectivity index (χ0n) is 19.8. The van der Waals surface area contributed by atoms with Gasteiger partial charge in [-0.25, -0.2) is 4.98 Å². The van der Waals surface area contributed by atoms with Crippen LogP contribution >= 0.6 is 0 Å². The fraction of sp³-hybridized carbons (Fsp3) is 0.440. The van der Waals surface area contributed by atoms with Crippen molar-refractivity contribution in [3.63, 3.8) is 0 Å². The summed E-state index contributed by atoms with van der Waals surface area (Å²) in [6, 6.07) is 10.1. The minimum absolute atomic E-state index is 0.150. The van der Waals surface area contributed by atoms with Crippen molar-refractivity contribution < 1.29 is 9.47 Å². The second-order valence-corrected chi connectivity index (χ2v) is 8.84. The molecule has 0 spiro atoms. The van der Waals surface area contributed by atoms with E-state index in [-0.39, 0.29) is 6.04 Å². The van der Waals surface area contributed by atoms with Gasteiger partial charge in [-0.1, -0.05) is 12.1 Å². The molecule has 4 heterocycles. The number of aryl methyl sites for hydroxylation is 1. The van der Waals surface area contributed by atoms with Crippen molar-refractivity contribution in [1.82, 2.24) is 20.1 Å². The highest BCUT2D eigenvalue weighted by molar-refractivity contribution is 5.94. The van der Waals surface area contributed by atoms with Crippen LogP contribution < -0.4 is 15.0 Å². The molecule has 2 aromatic heterocycles. The van der Waals surface area contributed by atoms with Crippen molar-refractivity contribution in [3.8, 4) is 11.8 Å². The van der Waals surface area contributed by atoms with Crippen LogP contribution in [0.2, 0.25) is 0 Å². The van der Waals surface area contributed by atoms with Gasteiger partial charge in [0.25, 0.3) is 0 Å². The van der Waals surface area contributed by atoms with Crippen LogP contribution in [0.25, 0.3) is 10.8 Å². The van der Waals surface area contributed by atoms with Crippen LogP contribution in [0.3, 0.4) is 0 Å². The number of aromatic nitrogens is 3. The summed E-state index contributed by atoms with van der Waals surface area (Å²) < 4.78 is 11.2. The lowest BCUT2D eigenvalue weighted by molar-refractivity contribution is -0.0117. The molecule has 1 N–H and O–H groups in total. The average molecular weight is 460 g/mol. The van der Waals surface area contributed by atoms with Gasteiger partial charge in [0.2, 0.25) is 0 Å². The van der Waals surface area contributed by atoms with Crippen LogP contribution in [-0.2, 0) is 4.74 Å². The molecule has 0 saturated carbocycles. The summed E-state index contributed by atoms with van der Waals surface area (Å²) in [6.45, 7) is 9.40. The molecule has 34 heavy (non-hydrogen) atoms. The van der Waals surface area contributed by atoms with Gasteiger partial charge in [-0.05, 0) is 26.0 Å². The van der Waals surface area contributed by atoms with E-state index in [1.165, 1.54) is 0 Å². The van der Waals surface area contributed by atoms with Crippen molar-refractivity contribution >= 4 is 22.4 Å². The zero-order valence-corrected chi connectivity index (χ0v) is 19.8. The Kier molecular flexibility index (Phi) is 6.18. The lowest BCUT2D eigenvalue weighted by Crippen LogP contribution is -2.58. The molecule has 0 bridgehead atoms. The number of hydrogen-bond acceptors (Lipinski definition) is 9. The standard InChI is InChI=1S/C25H29N7O2/c1-16(20-6-4-5-18(12-26)24(20)33-3)28-25-21-11-23(27-13-22(21)17(2)29-30-25)32-8-7-31-9-10-34-15-19(31)14-32/h4-6,11,13,16,19H,7-10,14-15H2,1-3H3,(H,28,30)/t16?,19-/m0/s1. The number of pyridine rings is 1. The van der Waals surface area contributed by atoms with Crippen molar-refractivity contribution in [2.75, 3.05) is 56.7 Å². The monoisotopic (exact) mass is 459 g/mol. The second-order valence-electron chi connectivity index (χ2n) is 8.84. The molecule has 1 unspecified atom stereocenters. The number of anilines is 2. The van der Waals surface area contributed by atoms with Gasteiger partial charge in [0, 0.05) is 48.7 Å². The van der Waals surface area contributed by atoms with Gasteiger partial charge in [-0.3, -0.25) is 4.90 Å². The number of morpholine rings is 1. The predicted octanol–water partition coefficient (Wildman–Crippen LogP) is 2.91. The molecule has 9 heteroatoms. The Morgan fingerprint density at radius 1 is 1.24 bits per heavy atom. The average Bonchev–Trinajstić information content (AvgIpc) is 2.89. The maximum Gasteiger partial charge on any atom is 0.157 e. The highest BCUT2D eigenvalue weighted by Gasteiger charge is 2.30. The summed E-state index contributed by atoms with van der Waals surface area (Å²) >= 11 is 0. The van der Waals surface area contributed by atoms with Crippen LogP contribution in [0, 0.1) is 18.3 Å². The third-order valence-corrected chi connectivity index (χ3v) is 6.79. The number of para-hydroxylation sites is 1. The van der Waals surface area contributed by atoms with Crippen LogP contribution in [0.1, 0.15) is 29.8 Å². The molecule has 0 amide bonds. The SMILES string of the molecule is COc1c(C#N)cccc1C(C)Nc1nnc(C)c2cnc(N3CCN4CCOC[C@@H]4C3)cc12. The Balaban J connectivity index is 1.46. The first-order valence-electron chi connectivity index (χ1n) is 11.6. The molecule has 2 aliphatic heterocycles. The molecule has 2 atom stereocenters. The largest absolute Gasteiger partial charge is 0.495 e. The van der Waals surface area contributed by atoms with E-state index in [1.54, 1.807) is 13.2 Å². The van der Waals surface area contributed by atoms with Gasteiger partial charge < -0.3 is 19.7 Å². The van der Waals surface area contributed by atoms with Crippen molar-refractivity contribution in [3.05, 3.63) is 47.3 Å². The van der Waals surface area contributed by atoms with E-state index in [9.17, 15) is 5.26 Å². The minimum atomic E-state index is -0.150. The minimum Gasteiger partial charge on any atom is -0.495 e. The normalized spacial score (nSPS) is 19.4. The van der Waals surface area contributed by atoms with Crippen molar-refractivity contribution in [2.24, 2.45) is 0 Å². The highest BCUT2D eigenvalue weighted by Crippen LogP contribution is 2.33. The molecule has 1 aromatic carbocycles. The molecule has 9 nitrogen and oxygen atoms in total. The quantitative estimate of drug-likeness (QED) is 0.617. The molecular formula is C25H29N7O2. The molecule has 0 aliphatic carbocycles. The fourth-order valence-electron chi connectivity index (χ4n) is 4.89. The van der Waals surface area contributed by atoms with E-state index in [0.717, 1.165) is 67.2 Å². The summed E-state index contributed by atoms with van der Waals surface area (Å²) in [5, 5.41) is 23.7. The number of nitrogens with one attached hydrogen (secondary N) is 1. The molecule has 2 fully saturated rings. The Morgan fingerprint density at radius 3 is 2.94 bits per heavy atom. The molecule has 0 radical (unpaired) electrons. The summed E-state index contributed by atoms with van der Waals surface area (Å²) in [5.41, 5.74) is 2.23. The van der Waals surface area contributed by atoms with Crippen LogP contribution in [0.15, 0.2) is 30.5 Å². The van der Waals surface area contributed by atoms with E-state index in [4.69, 9.17) is 14.5 Å². The lowest BCUT2D eigenvalue weighted by atomic mass is 10.0. The van der Waals surface area contributed by atoms with E-state index in [1.807, 2.05) is 32.2 Å². The molecular weight excluding hydrogens is 430 g/mol. The van der Waals surface area contributed by atoms with Crippen LogP contribution in [0.5, 0.6) is 5.75 Å². The fourth-order valence-corrected chi connectivity index (χ4v) is 4.89. The number of fused-ring (bicyclic) bond motifs is 2. The third kappa shape index (κ3) is 4.11. The van der Waals surface area contributed by atoms with Gasteiger partial charge in [0.05, 0.1) is 43.7 Å². The Morgan fingerprint density at radius 2 is 2.12 bits per heavy atom. The predicted molar refractivity (Wildman–Crippen MR) is 130 cm³/mol. The molecule has 176 valence electrons. The van der Waals surface area contributed by atoms with Gasteiger partial charge in [0.1, 0.15) is 17.6 Å². The molecule has 2 aliphatic rings. The number of methoxy groups -OCH3 is 1. The maximum atomic E-state index is 9.45. The number of nitrogens with zero attached hydrogens (tertiary/aromatic N) is 6. The zero-order chi connectivity index (χ0) is 23.7. The van der Waals surface area contributed by atoms with Crippen molar-refractivity contribution in [1.29, 1.82) is 5.26 Å². The van der Waals surface area contributed by atoms with Crippen molar-refractivity contribution in [2.45, 2.75) is 25.9 Å².